The second-order valence-corrected chi connectivity index (χ2v) is 5.08. The number of allylic oxidation sites excluding steroid dienone is 2. The minimum absolute atomic E-state index is 0.0470. The molecule has 0 aliphatic carbocycles. The number of nitrogens with zero attached hydrogens (tertiary/aromatic N) is 3. The molecular weight excluding hydrogens is 288 g/mol. The molecule has 5 nitrogen and oxygen atoms in total. The maximum Gasteiger partial charge on any atom is 0.225 e. The highest BCUT2D eigenvalue weighted by Crippen LogP contribution is 2.13. The van der Waals surface area contributed by atoms with Crippen LogP contribution in [0, 0.1) is 0 Å². The average Bonchev–Trinajstić information content (AvgIpc) is 2.77. The predicted molar refractivity (Wildman–Crippen MR) is 82.0 cm³/mol. The number of carbonyl (C=O) groups excluding carboxylic acids is 1. The highest BCUT2D eigenvalue weighted by atomic mass is 35.5. The first kappa shape index (κ1) is 15.3. The lowest BCUT2D eigenvalue weighted by Crippen LogP contribution is -2.15. The predicted octanol–water partition coefficient (Wildman–Crippen LogP) is 2.13. The minimum Gasteiger partial charge on any atom is -0.369 e. The second-order valence-electron chi connectivity index (χ2n) is 4.65. The molecule has 6 heteroatoms. The maximum absolute atomic E-state index is 11.0. The fourth-order valence-electron chi connectivity index (χ4n) is 1.97. The summed E-state index contributed by atoms with van der Waals surface area (Å²) in [4.78, 5) is 15.4. The van der Waals surface area contributed by atoms with Crippen LogP contribution in [0.1, 0.15) is 24.1 Å². The Balaban J connectivity index is 2.26. The highest BCUT2D eigenvalue weighted by molar-refractivity contribution is 6.30. The Labute approximate surface area is 128 Å². The van der Waals surface area contributed by atoms with Crippen LogP contribution in [0.3, 0.4) is 0 Å². The van der Waals surface area contributed by atoms with Crippen molar-refractivity contribution >= 4 is 17.5 Å². The molecule has 2 N–H and O–H groups in total. The van der Waals surface area contributed by atoms with E-state index in [1.165, 1.54) is 0 Å². The highest BCUT2D eigenvalue weighted by Gasteiger charge is 2.11. The molecule has 1 aromatic heterocycles. The number of nitrogens with two attached hydrogens (primary N) is 1. The van der Waals surface area contributed by atoms with Gasteiger partial charge in [0.15, 0.2) is 5.82 Å². The summed E-state index contributed by atoms with van der Waals surface area (Å²) >= 11 is 5.99. The Morgan fingerprint density at radius 3 is 2.95 bits per heavy atom. The van der Waals surface area contributed by atoms with Crippen molar-refractivity contribution in [1.29, 1.82) is 0 Å². The fourth-order valence-corrected chi connectivity index (χ4v) is 2.18. The number of aromatic nitrogens is 3. The summed E-state index contributed by atoms with van der Waals surface area (Å²) in [6.07, 6.45) is 4.65. The Morgan fingerprint density at radius 2 is 2.29 bits per heavy atom. The monoisotopic (exact) mass is 304 g/mol. The second kappa shape index (κ2) is 7.04. The Bertz CT molecular complexity index is 663. The third-order valence-electron chi connectivity index (χ3n) is 2.88. The molecule has 0 atom stereocenters. The van der Waals surface area contributed by atoms with Gasteiger partial charge in [-0.1, -0.05) is 35.9 Å². The first-order chi connectivity index (χ1) is 10.1. The number of carbonyl (C=O) groups is 1. The van der Waals surface area contributed by atoms with Crippen LogP contribution >= 0.6 is 11.6 Å². The van der Waals surface area contributed by atoms with E-state index in [0.29, 0.717) is 23.8 Å². The van der Waals surface area contributed by atoms with Crippen molar-refractivity contribution in [3.05, 3.63) is 58.7 Å². The number of rotatable bonds is 6. The maximum atomic E-state index is 11.0. The number of hydrogen-bond acceptors (Lipinski definition) is 3. The fraction of sp³-hybridized carbons (Fsp3) is 0.267. The SMILES string of the molecule is C/C=C/Cc1nc(CC(N)=O)nn1Cc1cccc(Cl)c1. The third-order valence-corrected chi connectivity index (χ3v) is 3.12. The van der Waals surface area contributed by atoms with Crippen molar-refractivity contribution < 1.29 is 4.79 Å². The van der Waals surface area contributed by atoms with Crippen LogP contribution < -0.4 is 5.73 Å². The van der Waals surface area contributed by atoms with Crippen LogP contribution in [0.4, 0.5) is 0 Å². The molecule has 0 bridgehead atoms. The lowest BCUT2D eigenvalue weighted by molar-refractivity contribution is -0.117. The van der Waals surface area contributed by atoms with Crippen molar-refractivity contribution in [2.24, 2.45) is 5.73 Å². The Kier molecular flexibility index (Phi) is 5.11. The van der Waals surface area contributed by atoms with Gasteiger partial charge in [0.25, 0.3) is 0 Å². The van der Waals surface area contributed by atoms with E-state index in [2.05, 4.69) is 10.1 Å². The minimum atomic E-state index is -0.438. The number of amides is 1. The molecule has 21 heavy (non-hydrogen) atoms. The molecule has 1 aromatic carbocycles. The molecule has 0 fully saturated rings. The van der Waals surface area contributed by atoms with Crippen LogP contribution in [0.15, 0.2) is 36.4 Å². The quantitative estimate of drug-likeness (QED) is 0.831. The van der Waals surface area contributed by atoms with Crippen molar-refractivity contribution in [2.45, 2.75) is 26.3 Å². The number of benzene rings is 1. The van der Waals surface area contributed by atoms with Gasteiger partial charge in [0.05, 0.1) is 13.0 Å². The van der Waals surface area contributed by atoms with Gasteiger partial charge in [-0.2, -0.15) is 5.10 Å². The van der Waals surface area contributed by atoms with E-state index < -0.39 is 5.91 Å². The van der Waals surface area contributed by atoms with Crippen LogP contribution in [-0.2, 0) is 24.2 Å². The Morgan fingerprint density at radius 1 is 1.48 bits per heavy atom. The molecule has 0 saturated carbocycles. The normalized spacial score (nSPS) is 11.1. The zero-order chi connectivity index (χ0) is 15.2. The summed E-state index contributed by atoms with van der Waals surface area (Å²) in [6, 6.07) is 7.58. The largest absolute Gasteiger partial charge is 0.369 e. The number of halogens is 1. The summed E-state index contributed by atoms with van der Waals surface area (Å²) < 4.78 is 1.78. The van der Waals surface area contributed by atoms with Gasteiger partial charge in [0.2, 0.25) is 5.91 Å². The molecule has 2 rings (SSSR count). The molecule has 0 aliphatic rings. The average molecular weight is 305 g/mol. The van der Waals surface area contributed by atoms with Crippen molar-refractivity contribution in [3.8, 4) is 0 Å². The van der Waals surface area contributed by atoms with Gasteiger partial charge < -0.3 is 5.73 Å². The van der Waals surface area contributed by atoms with Gasteiger partial charge in [-0.05, 0) is 24.6 Å². The number of primary amides is 1. The molecule has 0 spiro atoms. The van der Waals surface area contributed by atoms with E-state index in [1.54, 1.807) is 4.68 Å². The van der Waals surface area contributed by atoms with E-state index >= 15 is 0 Å². The molecular formula is C15H17ClN4O. The summed E-state index contributed by atoms with van der Waals surface area (Å²) in [5.74, 6) is 0.806. The van der Waals surface area contributed by atoms with Gasteiger partial charge in [-0.3, -0.25) is 4.79 Å². The first-order valence-electron chi connectivity index (χ1n) is 6.65. The zero-order valence-corrected chi connectivity index (χ0v) is 12.5. The molecule has 0 aliphatic heterocycles. The van der Waals surface area contributed by atoms with Crippen LogP contribution in [0.5, 0.6) is 0 Å². The smallest absolute Gasteiger partial charge is 0.225 e. The van der Waals surface area contributed by atoms with E-state index in [9.17, 15) is 4.79 Å². The summed E-state index contributed by atoms with van der Waals surface area (Å²) in [5, 5.41) is 5.04. The van der Waals surface area contributed by atoms with Gasteiger partial charge >= 0.3 is 0 Å². The molecule has 1 heterocycles. The van der Waals surface area contributed by atoms with Crippen molar-refractivity contribution in [3.63, 3.8) is 0 Å². The molecule has 0 radical (unpaired) electrons. The van der Waals surface area contributed by atoms with Gasteiger partial charge in [-0.25, -0.2) is 9.67 Å². The zero-order valence-electron chi connectivity index (χ0n) is 11.8. The molecule has 0 unspecified atom stereocenters. The summed E-state index contributed by atoms with van der Waals surface area (Å²) in [5.41, 5.74) is 6.22. The summed E-state index contributed by atoms with van der Waals surface area (Å²) in [7, 11) is 0. The van der Waals surface area contributed by atoms with Crippen LogP contribution in [-0.4, -0.2) is 20.7 Å². The lowest BCUT2D eigenvalue weighted by Gasteiger charge is -2.05. The van der Waals surface area contributed by atoms with Gasteiger partial charge in [0, 0.05) is 11.4 Å². The topological polar surface area (TPSA) is 73.8 Å². The van der Waals surface area contributed by atoms with E-state index in [-0.39, 0.29) is 6.42 Å². The van der Waals surface area contributed by atoms with E-state index in [4.69, 9.17) is 17.3 Å². The summed E-state index contributed by atoms with van der Waals surface area (Å²) in [6.45, 7) is 2.50. The van der Waals surface area contributed by atoms with Crippen LogP contribution in [0.25, 0.3) is 0 Å². The third kappa shape index (κ3) is 4.43. The van der Waals surface area contributed by atoms with E-state index in [0.717, 1.165) is 11.4 Å². The molecule has 0 saturated heterocycles. The first-order valence-corrected chi connectivity index (χ1v) is 7.02. The van der Waals surface area contributed by atoms with Crippen molar-refractivity contribution in [2.75, 3.05) is 0 Å². The molecule has 110 valence electrons. The van der Waals surface area contributed by atoms with Crippen LogP contribution in [0.2, 0.25) is 5.02 Å². The van der Waals surface area contributed by atoms with E-state index in [1.807, 2.05) is 43.3 Å². The van der Waals surface area contributed by atoms with Gasteiger partial charge in [-0.15, -0.1) is 0 Å². The lowest BCUT2D eigenvalue weighted by atomic mass is 10.2. The standard InChI is InChI=1S/C15H17ClN4O/c1-2-3-7-15-18-14(9-13(17)21)19-20(15)10-11-5-4-6-12(16)8-11/h2-6,8H,7,9-10H2,1H3,(H2,17,21)/b3-2+. The number of hydrogen-bond donors (Lipinski definition) is 1. The molecule has 2 aromatic rings. The van der Waals surface area contributed by atoms with Crippen molar-refractivity contribution in [1.82, 2.24) is 14.8 Å². The Hall–Kier alpha value is -2.14. The molecule has 1 amide bonds. The van der Waals surface area contributed by atoms with Gasteiger partial charge in [0.1, 0.15) is 5.82 Å².